The summed E-state index contributed by atoms with van der Waals surface area (Å²) in [7, 11) is 0. The van der Waals surface area contributed by atoms with Crippen molar-refractivity contribution in [3.63, 3.8) is 0 Å². The predicted octanol–water partition coefficient (Wildman–Crippen LogP) is 5.29. The molecular formula is C25H19N5. The van der Waals surface area contributed by atoms with Gasteiger partial charge in [0.15, 0.2) is 0 Å². The zero-order valence-corrected chi connectivity index (χ0v) is 16.2. The molecule has 0 amide bonds. The Morgan fingerprint density at radius 2 is 1.23 bits per heavy atom. The third-order valence-corrected chi connectivity index (χ3v) is 4.90. The van der Waals surface area contributed by atoms with Crippen molar-refractivity contribution >= 4 is 6.21 Å². The molecule has 0 saturated heterocycles. The van der Waals surface area contributed by atoms with E-state index in [1.807, 2.05) is 24.4 Å². The zero-order valence-electron chi connectivity index (χ0n) is 16.2. The van der Waals surface area contributed by atoms with Gasteiger partial charge in [-0.1, -0.05) is 78.9 Å². The van der Waals surface area contributed by atoms with Crippen LogP contribution in [0.4, 0.5) is 0 Å². The Hall–Kier alpha value is -4.25. The highest BCUT2D eigenvalue weighted by Crippen LogP contribution is 2.35. The van der Waals surface area contributed by atoms with Crippen LogP contribution in [0.5, 0.6) is 0 Å². The van der Waals surface area contributed by atoms with E-state index in [1.54, 1.807) is 17.3 Å². The van der Waals surface area contributed by atoms with Crippen LogP contribution in [0.25, 0.3) is 28.2 Å². The lowest BCUT2D eigenvalue weighted by Crippen LogP contribution is -2.00. The van der Waals surface area contributed by atoms with Gasteiger partial charge in [-0.25, -0.2) is 4.68 Å². The molecule has 0 N–H and O–H groups in total. The predicted molar refractivity (Wildman–Crippen MR) is 120 cm³/mol. The first-order valence-electron chi connectivity index (χ1n) is 9.71. The van der Waals surface area contributed by atoms with Crippen LogP contribution in [0, 0.1) is 0 Å². The molecule has 0 bridgehead atoms. The van der Waals surface area contributed by atoms with Crippen molar-refractivity contribution in [1.82, 2.24) is 19.4 Å². The van der Waals surface area contributed by atoms with Crippen molar-refractivity contribution in [3.05, 3.63) is 115 Å². The van der Waals surface area contributed by atoms with Gasteiger partial charge in [-0.3, -0.25) is 0 Å². The second-order valence-electron chi connectivity index (χ2n) is 6.82. The van der Waals surface area contributed by atoms with E-state index in [-0.39, 0.29) is 0 Å². The normalized spacial score (nSPS) is 11.2. The lowest BCUT2D eigenvalue weighted by molar-refractivity contribution is 0.878. The molecule has 5 aromatic rings. The first kappa shape index (κ1) is 17.8. The van der Waals surface area contributed by atoms with Gasteiger partial charge in [0.25, 0.3) is 0 Å². The van der Waals surface area contributed by atoms with Crippen molar-refractivity contribution in [2.24, 2.45) is 5.10 Å². The second-order valence-corrected chi connectivity index (χ2v) is 6.82. The minimum atomic E-state index is 1.01. The summed E-state index contributed by atoms with van der Waals surface area (Å²) in [4.78, 5) is 0. The van der Waals surface area contributed by atoms with Crippen molar-refractivity contribution in [3.8, 4) is 28.2 Å². The first-order valence-corrected chi connectivity index (χ1v) is 9.71. The number of nitrogens with zero attached hydrogens (tertiary/aromatic N) is 5. The van der Waals surface area contributed by atoms with E-state index < -0.39 is 0 Å². The molecule has 30 heavy (non-hydrogen) atoms. The van der Waals surface area contributed by atoms with E-state index in [9.17, 15) is 0 Å². The number of hydrogen-bond donors (Lipinski definition) is 0. The third kappa shape index (κ3) is 3.44. The maximum Gasteiger partial charge on any atom is 0.141 e. The summed E-state index contributed by atoms with van der Waals surface area (Å²) in [5, 5.41) is 12.2. The van der Waals surface area contributed by atoms with E-state index in [4.69, 9.17) is 0 Å². The Morgan fingerprint density at radius 1 is 0.667 bits per heavy atom. The van der Waals surface area contributed by atoms with Gasteiger partial charge in [-0.15, -0.1) is 10.2 Å². The summed E-state index contributed by atoms with van der Waals surface area (Å²) in [5.41, 5.74) is 6.55. The molecule has 5 rings (SSSR count). The Labute approximate surface area is 174 Å². The average Bonchev–Trinajstić information content (AvgIpc) is 3.47. The number of rotatable bonds is 5. The highest BCUT2D eigenvalue weighted by molar-refractivity contribution is 5.93. The van der Waals surface area contributed by atoms with Crippen molar-refractivity contribution in [2.75, 3.05) is 0 Å². The monoisotopic (exact) mass is 389 g/mol. The summed E-state index contributed by atoms with van der Waals surface area (Å²) < 4.78 is 3.88. The first-order chi connectivity index (χ1) is 14.9. The minimum Gasteiger partial charge on any atom is -0.309 e. The molecule has 144 valence electrons. The molecule has 2 aromatic heterocycles. The Kier molecular flexibility index (Phi) is 4.76. The highest BCUT2D eigenvalue weighted by atomic mass is 15.4. The fraction of sp³-hybridized carbons (Fsp3) is 0. The lowest BCUT2D eigenvalue weighted by Gasteiger charge is -2.15. The number of hydrogen-bond acceptors (Lipinski definition) is 3. The molecule has 0 aliphatic carbocycles. The molecule has 0 spiro atoms. The van der Waals surface area contributed by atoms with Crippen LogP contribution in [0.1, 0.15) is 5.56 Å². The fourth-order valence-electron chi connectivity index (χ4n) is 3.57. The van der Waals surface area contributed by atoms with Crippen LogP contribution < -0.4 is 0 Å². The van der Waals surface area contributed by atoms with E-state index in [1.165, 1.54) is 0 Å². The zero-order chi connectivity index (χ0) is 20.2. The summed E-state index contributed by atoms with van der Waals surface area (Å²) in [6, 6.07) is 33.4. The van der Waals surface area contributed by atoms with Gasteiger partial charge in [-0.05, 0) is 29.3 Å². The van der Waals surface area contributed by atoms with Gasteiger partial charge in [0.05, 0.1) is 17.6 Å². The fourth-order valence-corrected chi connectivity index (χ4v) is 3.57. The van der Waals surface area contributed by atoms with Gasteiger partial charge in [0.2, 0.25) is 0 Å². The summed E-state index contributed by atoms with van der Waals surface area (Å²) in [5.74, 6) is 0. The highest BCUT2D eigenvalue weighted by Gasteiger charge is 2.18. The van der Waals surface area contributed by atoms with Gasteiger partial charge in [0.1, 0.15) is 12.7 Å². The van der Waals surface area contributed by atoms with E-state index in [0.29, 0.717) is 0 Å². The average molecular weight is 389 g/mol. The second kappa shape index (κ2) is 8.01. The molecule has 0 radical (unpaired) electrons. The molecule has 5 heteroatoms. The minimum absolute atomic E-state index is 1.01. The smallest absolute Gasteiger partial charge is 0.141 e. The van der Waals surface area contributed by atoms with Crippen LogP contribution in [-0.4, -0.2) is 25.7 Å². The van der Waals surface area contributed by atoms with Crippen molar-refractivity contribution < 1.29 is 0 Å². The van der Waals surface area contributed by atoms with Gasteiger partial charge in [0, 0.05) is 11.3 Å². The van der Waals surface area contributed by atoms with E-state index in [2.05, 4.69) is 98.7 Å². The molecule has 0 aliphatic rings. The summed E-state index contributed by atoms with van der Waals surface area (Å²) in [6.45, 7) is 0. The van der Waals surface area contributed by atoms with Crippen LogP contribution >= 0.6 is 0 Å². The van der Waals surface area contributed by atoms with Crippen LogP contribution in [-0.2, 0) is 0 Å². The van der Waals surface area contributed by atoms with Gasteiger partial charge >= 0.3 is 0 Å². The van der Waals surface area contributed by atoms with E-state index in [0.717, 1.165) is 33.8 Å². The summed E-state index contributed by atoms with van der Waals surface area (Å²) in [6.07, 6.45) is 5.01. The summed E-state index contributed by atoms with van der Waals surface area (Å²) >= 11 is 0. The Balaban J connectivity index is 1.79. The standard InChI is InChI=1S/C25H19N5/c1-4-10-20(11-5-1)24-16-22(17-28-29-18-26-27-19-29)25(21-12-6-2-7-13-21)30(24)23-14-8-3-9-15-23/h1-19H/b28-17+. The molecule has 5 nitrogen and oxygen atoms in total. The number of para-hydroxylation sites is 1. The third-order valence-electron chi connectivity index (χ3n) is 4.90. The van der Waals surface area contributed by atoms with Gasteiger partial charge in [-0.2, -0.15) is 5.10 Å². The molecule has 0 aliphatic heterocycles. The molecule has 0 fully saturated rings. The van der Waals surface area contributed by atoms with E-state index >= 15 is 0 Å². The lowest BCUT2D eigenvalue weighted by atomic mass is 10.1. The molecule has 2 heterocycles. The molecule has 3 aromatic carbocycles. The molecule has 0 saturated carbocycles. The van der Waals surface area contributed by atoms with Crippen molar-refractivity contribution in [1.29, 1.82) is 0 Å². The largest absolute Gasteiger partial charge is 0.309 e. The Bertz CT molecular complexity index is 1260. The SMILES string of the molecule is C(=N\n1cnnc1)/c1cc(-c2ccccc2)n(-c2ccccc2)c1-c1ccccc1. The molecule has 0 atom stereocenters. The number of benzene rings is 3. The maximum atomic E-state index is 4.52. The van der Waals surface area contributed by atoms with Crippen molar-refractivity contribution in [2.45, 2.75) is 0 Å². The molecule has 0 unspecified atom stereocenters. The van der Waals surface area contributed by atoms with Crippen LogP contribution in [0.3, 0.4) is 0 Å². The molecular weight excluding hydrogens is 370 g/mol. The quantitative estimate of drug-likeness (QED) is 0.384. The topological polar surface area (TPSA) is 48.0 Å². The van der Waals surface area contributed by atoms with Crippen LogP contribution in [0.15, 0.2) is 115 Å². The number of aromatic nitrogens is 4. The van der Waals surface area contributed by atoms with Crippen LogP contribution in [0.2, 0.25) is 0 Å². The maximum absolute atomic E-state index is 4.52. The Morgan fingerprint density at radius 3 is 1.87 bits per heavy atom. The van der Waals surface area contributed by atoms with Gasteiger partial charge < -0.3 is 4.57 Å².